The van der Waals surface area contributed by atoms with Gasteiger partial charge >= 0.3 is 21.3 Å². The number of nitrogens with zero attached hydrogens (tertiary/aromatic N) is 1. The number of rotatable bonds is 13. The summed E-state index contributed by atoms with van der Waals surface area (Å²) in [5, 5.41) is 60.0. The summed E-state index contributed by atoms with van der Waals surface area (Å²) < 4.78 is 52.0. The summed E-state index contributed by atoms with van der Waals surface area (Å²) >= 11 is 0. The molecule has 3 heterocycles. The number of aromatic amines is 1. The molecule has 0 saturated carbocycles. The SMILES string of the molecule is O=C(CCc1ccc2ccc3cccc4ccc1c2c34)N[C@H]1[C@@H](OP(=O)(O)OP(=O)(O)O[C@@H]2[C@H](O)[C@@H](CO)O[C@H]2n2ccc(=O)[nH]c2=O)O[C@H](CO)[C@@H](O)[C@@H]1O. The van der Waals surface area contributed by atoms with Crippen molar-refractivity contribution in [3.8, 4) is 0 Å². The molecule has 2 unspecified atom stereocenters. The average Bonchev–Trinajstić information content (AvgIpc) is 3.45. The Labute approximate surface area is 315 Å². The van der Waals surface area contributed by atoms with Crippen LogP contribution in [0.4, 0.5) is 0 Å². The lowest BCUT2D eigenvalue weighted by atomic mass is 9.91. The number of nitrogens with one attached hydrogen (secondary N) is 2. The molecule has 20 nitrogen and oxygen atoms in total. The first kappa shape index (κ1) is 40.3. The lowest BCUT2D eigenvalue weighted by Crippen LogP contribution is -2.64. The van der Waals surface area contributed by atoms with Crippen LogP contribution in [0.25, 0.3) is 32.3 Å². The second-order valence-corrected chi connectivity index (χ2v) is 16.3. The number of aliphatic hydroxyl groups is 5. The van der Waals surface area contributed by atoms with Gasteiger partial charge in [-0.15, -0.1) is 0 Å². The van der Waals surface area contributed by atoms with Crippen LogP contribution >= 0.6 is 15.6 Å². The second kappa shape index (κ2) is 15.8. The van der Waals surface area contributed by atoms with Crippen LogP contribution in [0.1, 0.15) is 18.2 Å². The van der Waals surface area contributed by atoms with Crippen molar-refractivity contribution in [1.82, 2.24) is 14.9 Å². The number of aromatic nitrogens is 2. The van der Waals surface area contributed by atoms with Crippen LogP contribution in [0.5, 0.6) is 0 Å². The van der Waals surface area contributed by atoms with E-state index in [1.54, 1.807) is 0 Å². The number of carbonyl (C=O) groups excluding carboxylic acids is 1. The quantitative estimate of drug-likeness (QED) is 0.0551. The third-order valence-electron chi connectivity index (χ3n) is 9.77. The van der Waals surface area contributed by atoms with E-state index in [4.69, 9.17) is 18.5 Å². The van der Waals surface area contributed by atoms with E-state index in [9.17, 15) is 58.8 Å². The fraction of sp³-hybridized carbons (Fsp3) is 0.382. The van der Waals surface area contributed by atoms with Crippen LogP contribution in [-0.2, 0) is 43.2 Å². The van der Waals surface area contributed by atoms with Crippen LogP contribution in [0.15, 0.2) is 76.4 Å². The van der Waals surface area contributed by atoms with Crippen molar-refractivity contribution in [1.29, 1.82) is 0 Å². The molecule has 5 aromatic rings. The highest BCUT2D eigenvalue weighted by atomic mass is 31.3. The Morgan fingerprint density at radius 2 is 1.43 bits per heavy atom. The van der Waals surface area contributed by atoms with Gasteiger partial charge in [-0.05, 0) is 44.3 Å². The number of phosphoric ester groups is 2. The molecule has 11 atom stereocenters. The number of aliphatic hydroxyl groups excluding tert-OH is 5. The minimum Gasteiger partial charge on any atom is -0.394 e. The van der Waals surface area contributed by atoms with Crippen LogP contribution in [-0.4, -0.2) is 113 Å². The van der Waals surface area contributed by atoms with Gasteiger partial charge in [0.15, 0.2) is 12.5 Å². The Morgan fingerprint density at radius 3 is 2.11 bits per heavy atom. The van der Waals surface area contributed by atoms with Gasteiger partial charge in [0.25, 0.3) is 5.56 Å². The van der Waals surface area contributed by atoms with Gasteiger partial charge in [-0.3, -0.25) is 28.2 Å². The van der Waals surface area contributed by atoms with Crippen molar-refractivity contribution in [3.05, 3.63) is 93.3 Å². The number of hydrogen-bond donors (Lipinski definition) is 9. The van der Waals surface area contributed by atoms with E-state index in [1.807, 2.05) is 59.6 Å². The van der Waals surface area contributed by atoms with Gasteiger partial charge in [0, 0.05) is 18.7 Å². The first-order valence-electron chi connectivity index (χ1n) is 17.2. The number of ether oxygens (including phenoxy) is 2. The molecule has 0 aliphatic carbocycles. The van der Waals surface area contributed by atoms with Crippen molar-refractivity contribution < 1.29 is 72.1 Å². The Balaban J connectivity index is 1.06. The van der Waals surface area contributed by atoms with Gasteiger partial charge in [-0.25, -0.2) is 13.9 Å². The normalized spacial score (nSPS) is 29.1. The highest BCUT2D eigenvalue weighted by molar-refractivity contribution is 7.61. The first-order chi connectivity index (χ1) is 26.6. The maximum absolute atomic E-state index is 13.3. The molecule has 0 radical (unpaired) electrons. The molecule has 7 rings (SSSR count). The van der Waals surface area contributed by atoms with E-state index < -0.39 is 101 Å². The minimum atomic E-state index is -5.85. The summed E-state index contributed by atoms with van der Waals surface area (Å²) in [6.45, 7) is -1.82. The van der Waals surface area contributed by atoms with E-state index in [0.717, 1.165) is 50.1 Å². The molecule has 2 aliphatic rings. The van der Waals surface area contributed by atoms with Gasteiger partial charge in [-0.1, -0.05) is 54.6 Å². The predicted octanol–water partition coefficient (Wildman–Crippen LogP) is -0.140. The van der Waals surface area contributed by atoms with Crippen molar-refractivity contribution in [3.63, 3.8) is 0 Å². The van der Waals surface area contributed by atoms with E-state index in [2.05, 4.69) is 9.63 Å². The zero-order valence-electron chi connectivity index (χ0n) is 28.9. The number of phosphoric acid groups is 2. The molecule has 2 fully saturated rings. The van der Waals surface area contributed by atoms with Crippen LogP contribution < -0.4 is 16.6 Å². The molecule has 1 amide bonds. The Bertz CT molecular complexity index is 2440. The van der Waals surface area contributed by atoms with Crippen molar-refractivity contribution in [2.24, 2.45) is 0 Å². The molecule has 0 spiro atoms. The standard InChI is InChI=1S/C34H37N3O17P2/c38-14-21-28(42)30(44)27(35-23(40)11-9-16-4-5-19-7-6-17-2-1-3-18-8-10-20(16)26(19)25(17)18)33(51-21)53-56(48,49)54-55(46,47)52-31-29(43)22(15-39)50-32(31)37-13-12-24(41)36-34(37)45/h1-8,10,12-13,21-22,27-33,38-39,42-44H,9,11,14-15H2,(H,35,40)(H,46,47)(H,48,49)(H,36,41,45)/t21-,22-,27-,28-,29-,30-,31-,32-,33-/m1/s1. The fourth-order valence-corrected chi connectivity index (χ4v) is 9.46. The molecular formula is C34H37N3O17P2. The molecule has 2 aliphatic heterocycles. The Morgan fingerprint density at radius 1 is 0.804 bits per heavy atom. The van der Waals surface area contributed by atoms with Gasteiger partial charge in [0.2, 0.25) is 5.91 Å². The highest BCUT2D eigenvalue weighted by Gasteiger charge is 2.53. The monoisotopic (exact) mass is 821 g/mol. The maximum atomic E-state index is 13.3. The van der Waals surface area contributed by atoms with Crippen molar-refractivity contribution in [2.75, 3.05) is 13.2 Å². The van der Waals surface area contributed by atoms with Crippen molar-refractivity contribution in [2.45, 2.75) is 68.0 Å². The van der Waals surface area contributed by atoms with Crippen molar-refractivity contribution >= 4 is 53.9 Å². The van der Waals surface area contributed by atoms with E-state index in [1.165, 1.54) is 0 Å². The zero-order valence-corrected chi connectivity index (χ0v) is 30.7. The second-order valence-electron chi connectivity index (χ2n) is 13.3. The Hall–Kier alpha value is -3.95. The Kier molecular flexibility index (Phi) is 11.3. The molecule has 9 N–H and O–H groups in total. The number of amides is 1. The van der Waals surface area contributed by atoms with Gasteiger partial charge in [0.1, 0.15) is 42.7 Å². The summed E-state index contributed by atoms with van der Waals surface area (Å²) in [5.74, 6) is -0.728. The maximum Gasteiger partial charge on any atom is 0.483 e. The summed E-state index contributed by atoms with van der Waals surface area (Å²) in [7, 11) is -11.7. The summed E-state index contributed by atoms with van der Waals surface area (Å²) in [5.41, 5.74) is -1.11. The average molecular weight is 822 g/mol. The molecular weight excluding hydrogens is 784 g/mol. The summed E-state index contributed by atoms with van der Waals surface area (Å²) in [6, 6.07) is 16.9. The van der Waals surface area contributed by atoms with Crippen LogP contribution in [0.2, 0.25) is 0 Å². The van der Waals surface area contributed by atoms with Crippen LogP contribution in [0, 0.1) is 0 Å². The number of H-pyrrole nitrogens is 1. The topological polar surface area (TPSA) is 306 Å². The van der Waals surface area contributed by atoms with Crippen LogP contribution in [0.3, 0.4) is 0 Å². The molecule has 56 heavy (non-hydrogen) atoms. The minimum absolute atomic E-state index is 0.188. The largest absolute Gasteiger partial charge is 0.483 e. The third kappa shape index (κ3) is 7.95. The molecule has 0 bridgehead atoms. The molecule has 22 heteroatoms. The number of aryl methyl sites for hydroxylation is 1. The lowest BCUT2D eigenvalue weighted by Gasteiger charge is -2.42. The van der Waals surface area contributed by atoms with Gasteiger partial charge < -0.3 is 50.1 Å². The van der Waals surface area contributed by atoms with E-state index in [0.29, 0.717) is 4.57 Å². The number of hydrogen-bond acceptors (Lipinski definition) is 15. The fourth-order valence-electron chi connectivity index (χ4n) is 7.13. The van der Waals surface area contributed by atoms with Gasteiger partial charge in [0.05, 0.1) is 13.2 Å². The zero-order chi connectivity index (χ0) is 40.1. The summed E-state index contributed by atoms with van der Waals surface area (Å²) in [6.07, 6.45) is -14.0. The summed E-state index contributed by atoms with van der Waals surface area (Å²) in [4.78, 5) is 60.3. The smallest absolute Gasteiger partial charge is 0.394 e. The molecule has 2 saturated heterocycles. The van der Waals surface area contributed by atoms with E-state index >= 15 is 0 Å². The van der Waals surface area contributed by atoms with Gasteiger partial charge in [-0.2, -0.15) is 4.31 Å². The number of carbonyl (C=O) groups is 1. The molecule has 300 valence electrons. The third-order valence-corrected chi connectivity index (χ3v) is 12.4. The van der Waals surface area contributed by atoms with E-state index in [-0.39, 0.29) is 12.8 Å². The molecule has 1 aromatic heterocycles. The molecule has 4 aromatic carbocycles. The number of benzene rings is 4. The highest BCUT2D eigenvalue weighted by Crippen LogP contribution is 2.63. The lowest BCUT2D eigenvalue weighted by molar-refractivity contribution is -0.248. The predicted molar refractivity (Wildman–Crippen MR) is 193 cm³/mol. The first-order valence-corrected chi connectivity index (χ1v) is 20.2.